The van der Waals surface area contributed by atoms with Crippen molar-refractivity contribution in [2.75, 3.05) is 11.4 Å². The van der Waals surface area contributed by atoms with Gasteiger partial charge in [-0.3, -0.25) is 9.69 Å². The molecule has 1 aliphatic carbocycles. The number of carbonyl (C=O) groups excluding carboxylic acids is 2. The van der Waals surface area contributed by atoms with Gasteiger partial charge in [0.1, 0.15) is 11.4 Å². The molecule has 1 atom stereocenters. The lowest BCUT2D eigenvalue weighted by Crippen LogP contribution is -2.38. The predicted molar refractivity (Wildman–Crippen MR) is 115 cm³/mol. The zero-order valence-electron chi connectivity index (χ0n) is 17.9. The van der Waals surface area contributed by atoms with Crippen LogP contribution in [0.2, 0.25) is 0 Å². The molecule has 1 saturated carbocycles. The van der Waals surface area contributed by atoms with Gasteiger partial charge < -0.3 is 9.64 Å². The maximum atomic E-state index is 13.0. The number of aromatic nitrogens is 1. The van der Waals surface area contributed by atoms with Crippen molar-refractivity contribution in [3.63, 3.8) is 0 Å². The van der Waals surface area contributed by atoms with Gasteiger partial charge in [-0.05, 0) is 70.2 Å². The van der Waals surface area contributed by atoms with Crippen LogP contribution in [0.25, 0.3) is 0 Å². The second-order valence-electron chi connectivity index (χ2n) is 9.05. The number of amides is 2. The molecule has 0 unspecified atom stereocenters. The van der Waals surface area contributed by atoms with Crippen molar-refractivity contribution < 1.29 is 14.3 Å². The van der Waals surface area contributed by atoms with Crippen LogP contribution in [-0.2, 0) is 4.74 Å². The second-order valence-corrected chi connectivity index (χ2v) is 9.05. The van der Waals surface area contributed by atoms with Crippen molar-refractivity contribution in [1.29, 1.82) is 0 Å². The first-order valence-electron chi connectivity index (χ1n) is 10.7. The number of benzene rings is 1. The lowest BCUT2D eigenvalue weighted by molar-refractivity contribution is 0.0576. The molecule has 0 bridgehead atoms. The van der Waals surface area contributed by atoms with Crippen molar-refractivity contribution in [1.82, 2.24) is 9.88 Å². The SMILES string of the molecule is CC(C)(C)OC(=O)N(c1ccc([C@H]2CCCN2C(=O)c2ccccc2)cn1)C1CC1. The van der Waals surface area contributed by atoms with Crippen LogP contribution < -0.4 is 4.90 Å². The summed E-state index contributed by atoms with van der Waals surface area (Å²) in [5, 5.41) is 0. The quantitative estimate of drug-likeness (QED) is 0.718. The Morgan fingerprint density at radius 3 is 2.40 bits per heavy atom. The normalized spacial score (nSPS) is 18.9. The van der Waals surface area contributed by atoms with E-state index in [4.69, 9.17) is 4.74 Å². The fraction of sp³-hybridized carbons (Fsp3) is 0.458. The average Bonchev–Trinajstić information content (AvgIpc) is 3.42. The Morgan fingerprint density at radius 2 is 1.80 bits per heavy atom. The van der Waals surface area contributed by atoms with Crippen LogP contribution in [0.4, 0.5) is 10.6 Å². The summed E-state index contributed by atoms with van der Waals surface area (Å²) >= 11 is 0. The minimum atomic E-state index is -0.549. The van der Waals surface area contributed by atoms with Gasteiger partial charge in [-0.15, -0.1) is 0 Å². The van der Waals surface area contributed by atoms with Gasteiger partial charge in [-0.2, -0.15) is 0 Å². The minimum Gasteiger partial charge on any atom is -0.443 e. The third-order valence-electron chi connectivity index (χ3n) is 5.44. The molecule has 1 saturated heterocycles. The number of pyridine rings is 1. The number of carbonyl (C=O) groups is 2. The molecule has 1 aromatic heterocycles. The summed E-state index contributed by atoms with van der Waals surface area (Å²) in [6.07, 6.45) is 5.26. The first-order valence-corrected chi connectivity index (χ1v) is 10.7. The zero-order valence-corrected chi connectivity index (χ0v) is 17.9. The molecule has 2 fully saturated rings. The zero-order chi connectivity index (χ0) is 21.3. The van der Waals surface area contributed by atoms with E-state index in [0.29, 0.717) is 11.4 Å². The first-order chi connectivity index (χ1) is 14.3. The Morgan fingerprint density at radius 1 is 1.07 bits per heavy atom. The summed E-state index contributed by atoms with van der Waals surface area (Å²) in [4.78, 5) is 33.8. The van der Waals surface area contributed by atoms with Crippen molar-refractivity contribution in [3.8, 4) is 0 Å². The smallest absolute Gasteiger partial charge is 0.416 e. The Labute approximate surface area is 177 Å². The second kappa shape index (κ2) is 8.09. The Balaban J connectivity index is 1.52. The molecule has 4 rings (SSSR count). The van der Waals surface area contributed by atoms with Gasteiger partial charge in [0, 0.05) is 24.3 Å². The number of ether oxygens (including phenoxy) is 1. The highest BCUT2D eigenvalue weighted by Gasteiger charge is 2.37. The van der Waals surface area contributed by atoms with E-state index in [-0.39, 0.29) is 24.1 Å². The van der Waals surface area contributed by atoms with Gasteiger partial charge >= 0.3 is 6.09 Å². The van der Waals surface area contributed by atoms with Gasteiger partial charge in [0.2, 0.25) is 0 Å². The van der Waals surface area contributed by atoms with Gasteiger partial charge in [0.15, 0.2) is 0 Å². The molecule has 1 aliphatic heterocycles. The van der Waals surface area contributed by atoms with Gasteiger partial charge in [-0.25, -0.2) is 9.78 Å². The van der Waals surface area contributed by atoms with Crippen LogP contribution >= 0.6 is 0 Å². The Kier molecular flexibility index (Phi) is 5.50. The van der Waals surface area contributed by atoms with Gasteiger partial charge in [0.25, 0.3) is 5.91 Å². The maximum absolute atomic E-state index is 13.0. The molecular formula is C24H29N3O3. The van der Waals surface area contributed by atoms with E-state index < -0.39 is 5.60 Å². The van der Waals surface area contributed by atoms with E-state index in [1.54, 1.807) is 11.1 Å². The highest BCUT2D eigenvalue weighted by atomic mass is 16.6. The monoisotopic (exact) mass is 407 g/mol. The van der Waals surface area contributed by atoms with Crippen molar-refractivity contribution in [2.45, 2.75) is 64.1 Å². The summed E-state index contributed by atoms with van der Waals surface area (Å²) in [5.74, 6) is 0.657. The third kappa shape index (κ3) is 4.48. The molecule has 6 heteroatoms. The topological polar surface area (TPSA) is 62.7 Å². The van der Waals surface area contributed by atoms with E-state index >= 15 is 0 Å². The first kappa shape index (κ1) is 20.4. The van der Waals surface area contributed by atoms with Crippen molar-refractivity contribution in [3.05, 3.63) is 59.8 Å². The van der Waals surface area contributed by atoms with Crippen LogP contribution in [0.3, 0.4) is 0 Å². The van der Waals surface area contributed by atoms with Crippen LogP contribution in [0.1, 0.15) is 68.4 Å². The minimum absolute atomic E-state index is 0.00941. The third-order valence-corrected chi connectivity index (χ3v) is 5.44. The summed E-state index contributed by atoms with van der Waals surface area (Å²) in [5.41, 5.74) is 1.16. The fourth-order valence-corrected chi connectivity index (χ4v) is 3.91. The van der Waals surface area contributed by atoms with Crippen molar-refractivity contribution >= 4 is 17.8 Å². The number of rotatable bonds is 4. The number of nitrogens with zero attached hydrogens (tertiary/aromatic N) is 3. The van der Waals surface area contributed by atoms with Crippen LogP contribution in [-0.4, -0.2) is 40.1 Å². The predicted octanol–water partition coefficient (Wildman–Crippen LogP) is 4.96. The number of hydrogen-bond donors (Lipinski definition) is 0. The molecule has 1 aromatic carbocycles. The summed E-state index contributed by atoms with van der Waals surface area (Å²) in [6, 6.07) is 13.4. The number of likely N-dealkylation sites (tertiary alicyclic amines) is 1. The van der Waals surface area contributed by atoms with E-state index in [1.165, 1.54) is 0 Å². The summed E-state index contributed by atoms with van der Waals surface area (Å²) < 4.78 is 5.58. The molecule has 6 nitrogen and oxygen atoms in total. The molecule has 2 aromatic rings. The molecule has 2 amide bonds. The number of anilines is 1. The maximum Gasteiger partial charge on any atom is 0.416 e. The highest BCUT2D eigenvalue weighted by Crippen LogP contribution is 2.35. The molecular weight excluding hydrogens is 378 g/mol. The van der Waals surface area contributed by atoms with Crippen LogP contribution in [0.5, 0.6) is 0 Å². The molecule has 0 radical (unpaired) electrons. The van der Waals surface area contributed by atoms with E-state index in [2.05, 4.69) is 4.98 Å². The van der Waals surface area contributed by atoms with Gasteiger partial charge in [-0.1, -0.05) is 24.3 Å². The lowest BCUT2D eigenvalue weighted by Gasteiger charge is -2.28. The molecule has 30 heavy (non-hydrogen) atoms. The highest BCUT2D eigenvalue weighted by molar-refractivity contribution is 5.94. The fourth-order valence-electron chi connectivity index (χ4n) is 3.91. The van der Waals surface area contributed by atoms with Crippen LogP contribution in [0, 0.1) is 0 Å². The molecule has 2 heterocycles. The largest absolute Gasteiger partial charge is 0.443 e. The van der Waals surface area contributed by atoms with E-state index in [9.17, 15) is 9.59 Å². The van der Waals surface area contributed by atoms with E-state index in [1.807, 2.05) is 68.1 Å². The standard InChI is InChI=1S/C24H29N3O3/c1-24(2,3)30-23(29)27(19-12-13-19)21-14-11-18(16-25-21)20-10-7-15-26(20)22(28)17-8-5-4-6-9-17/h4-6,8-9,11,14,16,19-20H,7,10,12-13,15H2,1-3H3/t20-/m1/s1. The van der Waals surface area contributed by atoms with Crippen molar-refractivity contribution in [2.24, 2.45) is 0 Å². The average molecular weight is 408 g/mol. The Hall–Kier alpha value is -2.89. The summed E-state index contributed by atoms with van der Waals surface area (Å²) in [7, 11) is 0. The summed E-state index contributed by atoms with van der Waals surface area (Å²) in [6.45, 7) is 6.34. The molecule has 0 N–H and O–H groups in total. The van der Waals surface area contributed by atoms with E-state index in [0.717, 1.165) is 37.8 Å². The van der Waals surface area contributed by atoms with Gasteiger partial charge in [0.05, 0.1) is 6.04 Å². The molecule has 2 aliphatic rings. The van der Waals surface area contributed by atoms with Crippen LogP contribution in [0.15, 0.2) is 48.7 Å². The molecule has 158 valence electrons. The Bertz CT molecular complexity index is 902. The lowest BCUT2D eigenvalue weighted by atomic mass is 10.1. The molecule has 0 spiro atoms. The number of hydrogen-bond acceptors (Lipinski definition) is 4.